The first-order valence-corrected chi connectivity index (χ1v) is 9.23. The van der Waals surface area contributed by atoms with Crippen LogP contribution in [0.3, 0.4) is 0 Å². The Morgan fingerprint density at radius 2 is 1.77 bits per heavy atom. The molecule has 156 valence electrons. The first-order chi connectivity index (χ1) is 15.0. The molecule has 9 heteroatoms. The van der Waals surface area contributed by atoms with Crippen LogP contribution in [0.25, 0.3) is 0 Å². The van der Waals surface area contributed by atoms with E-state index >= 15 is 0 Å². The highest BCUT2D eigenvalue weighted by molar-refractivity contribution is 6.03. The third-order valence-electron chi connectivity index (χ3n) is 3.92. The zero-order chi connectivity index (χ0) is 22.1. The summed E-state index contributed by atoms with van der Waals surface area (Å²) < 4.78 is 13.0. The minimum Gasteiger partial charge on any atom is -0.328 e. The molecule has 0 spiro atoms. The van der Waals surface area contributed by atoms with Crippen molar-refractivity contribution in [1.29, 1.82) is 0 Å². The van der Waals surface area contributed by atoms with E-state index < -0.39 is 11.8 Å². The number of benzene rings is 2. The molecule has 1 aromatic heterocycles. The van der Waals surface area contributed by atoms with Crippen molar-refractivity contribution < 1.29 is 14.0 Å². The SMILES string of the molecule is Cc1ccnc(NC=C(NC(=O)c2ccccc2)C(=O)NN=Cc2ccc(F)cc2)n1. The molecule has 8 nitrogen and oxygen atoms in total. The van der Waals surface area contributed by atoms with Crippen LogP contribution in [0.4, 0.5) is 10.3 Å². The summed E-state index contributed by atoms with van der Waals surface area (Å²) in [6, 6.07) is 15.7. The summed E-state index contributed by atoms with van der Waals surface area (Å²) in [5.74, 6) is -1.27. The Morgan fingerprint density at radius 1 is 1.03 bits per heavy atom. The van der Waals surface area contributed by atoms with Crippen molar-refractivity contribution in [3.05, 3.63) is 101 Å². The summed E-state index contributed by atoms with van der Waals surface area (Å²) >= 11 is 0. The zero-order valence-corrected chi connectivity index (χ0v) is 16.5. The van der Waals surface area contributed by atoms with Gasteiger partial charge < -0.3 is 10.6 Å². The molecule has 0 aliphatic carbocycles. The maximum atomic E-state index is 13.0. The lowest BCUT2D eigenvalue weighted by Crippen LogP contribution is -2.33. The summed E-state index contributed by atoms with van der Waals surface area (Å²) in [7, 11) is 0. The highest BCUT2D eigenvalue weighted by Gasteiger charge is 2.14. The van der Waals surface area contributed by atoms with Gasteiger partial charge in [-0.2, -0.15) is 5.10 Å². The first-order valence-electron chi connectivity index (χ1n) is 9.23. The lowest BCUT2D eigenvalue weighted by atomic mass is 10.2. The lowest BCUT2D eigenvalue weighted by molar-refractivity contribution is -0.117. The Kier molecular flexibility index (Phi) is 7.15. The van der Waals surface area contributed by atoms with Crippen molar-refractivity contribution in [2.24, 2.45) is 5.10 Å². The Balaban J connectivity index is 1.74. The quantitative estimate of drug-likeness (QED) is 0.311. The molecule has 3 aromatic rings. The maximum absolute atomic E-state index is 13.0. The number of amides is 2. The molecule has 31 heavy (non-hydrogen) atoms. The van der Waals surface area contributed by atoms with Gasteiger partial charge in [-0.25, -0.2) is 19.8 Å². The highest BCUT2D eigenvalue weighted by Crippen LogP contribution is 2.04. The van der Waals surface area contributed by atoms with E-state index in [0.29, 0.717) is 11.1 Å². The Morgan fingerprint density at radius 3 is 2.48 bits per heavy atom. The predicted octanol–water partition coefficient (Wildman–Crippen LogP) is 2.76. The molecule has 3 rings (SSSR count). The molecule has 0 saturated carbocycles. The van der Waals surface area contributed by atoms with Crippen LogP contribution in [0.1, 0.15) is 21.6 Å². The highest BCUT2D eigenvalue weighted by atomic mass is 19.1. The van der Waals surface area contributed by atoms with E-state index in [2.05, 4.69) is 31.1 Å². The minimum absolute atomic E-state index is 0.102. The molecular formula is C22H19FN6O2. The van der Waals surface area contributed by atoms with E-state index in [4.69, 9.17) is 0 Å². The van der Waals surface area contributed by atoms with Gasteiger partial charge >= 0.3 is 0 Å². The van der Waals surface area contributed by atoms with Gasteiger partial charge in [-0.05, 0) is 42.8 Å². The molecule has 3 N–H and O–H groups in total. The first kappa shape index (κ1) is 21.3. The van der Waals surface area contributed by atoms with Gasteiger partial charge in [0.15, 0.2) is 0 Å². The second-order valence-electron chi connectivity index (χ2n) is 6.29. The molecule has 0 bridgehead atoms. The standard InChI is InChI=1S/C22H19FN6O2/c1-15-11-12-24-22(27-15)25-14-19(28-20(30)17-5-3-2-4-6-17)21(31)29-26-13-16-7-9-18(23)10-8-16/h2-14H,1H3,(H,28,30)(H,29,31)(H,24,25,27). The Hall–Kier alpha value is -4.40. The van der Waals surface area contributed by atoms with Crippen LogP contribution in [-0.4, -0.2) is 28.0 Å². The minimum atomic E-state index is -0.678. The molecule has 0 fully saturated rings. The molecular weight excluding hydrogens is 399 g/mol. The number of carbonyl (C=O) groups excluding carboxylic acids is 2. The number of carbonyl (C=O) groups is 2. The van der Waals surface area contributed by atoms with Crippen molar-refractivity contribution in [2.75, 3.05) is 5.32 Å². The molecule has 0 atom stereocenters. The summed E-state index contributed by atoms with van der Waals surface area (Å²) in [6.45, 7) is 1.80. The second-order valence-corrected chi connectivity index (χ2v) is 6.29. The van der Waals surface area contributed by atoms with Gasteiger partial charge in [0.25, 0.3) is 11.8 Å². The van der Waals surface area contributed by atoms with Gasteiger partial charge in [-0.3, -0.25) is 9.59 Å². The third kappa shape index (κ3) is 6.57. The van der Waals surface area contributed by atoms with Crippen molar-refractivity contribution in [1.82, 2.24) is 20.7 Å². The molecule has 1 heterocycles. The molecule has 2 aromatic carbocycles. The maximum Gasteiger partial charge on any atom is 0.289 e. The van der Waals surface area contributed by atoms with Crippen molar-refractivity contribution in [3.8, 4) is 0 Å². The van der Waals surface area contributed by atoms with E-state index in [-0.39, 0.29) is 17.5 Å². The van der Waals surface area contributed by atoms with Crippen LogP contribution >= 0.6 is 0 Å². The Bertz CT molecular complexity index is 1110. The summed E-state index contributed by atoms with van der Waals surface area (Å²) in [4.78, 5) is 33.3. The van der Waals surface area contributed by atoms with Crippen LogP contribution in [0.15, 0.2) is 83.9 Å². The van der Waals surface area contributed by atoms with E-state index in [1.165, 1.54) is 36.7 Å². The van der Waals surface area contributed by atoms with E-state index in [0.717, 1.165) is 5.69 Å². The summed E-state index contributed by atoms with van der Waals surface area (Å²) in [5.41, 5.74) is 3.92. The lowest BCUT2D eigenvalue weighted by Gasteiger charge is -2.09. The number of hydrogen-bond acceptors (Lipinski definition) is 6. The van der Waals surface area contributed by atoms with Gasteiger partial charge in [-0.1, -0.05) is 30.3 Å². The molecule has 2 amide bonds. The topological polar surface area (TPSA) is 108 Å². The van der Waals surface area contributed by atoms with E-state index in [1.807, 2.05) is 0 Å². The molecule has 0 unspecified atom stereocenters. The number of aryl methyl sites for hydroxylation is 1. The third-order valence-corrected chi connectivity index (χ3v) is 3.92. The van der Waals surface area contributed by atoms with Gasteiger partial charge in [0.05, 0.1) is 6.21 Å². The number of nitrogens with one attached hydrogen (secondary N) is 3. The van der Waals surface area contributed by atoms with Crippen molar-refractivity contribution in [2.45, 2.75) is 6.92 Å². The monoisotopic (exact) mass is 418 g/mol. The van der Waals surface area contributed by atoms with Crippen LogP contribution < -0.4 is 16.1 Å². The average molecular weight is 418 g/mol. The largest absolute Gasteiger partial charge is 0.328 e. The number of hydrazone groups is 1. The van der Waals surface area contributed by atoms with Crippen LogP contribution in [0.2, 0.25) is 0 Å². The van der Waals surface area contributed by atoms with Gasteiger partial charge in [-0.15, -0.1) is 0 Å². The number of halogens is 1. The summed E-state index contributed by atoms with van der Waals surface area (Å²) in [6.07, 6.45) is 4.19. The van der Waals surface area contributed by atoms with E-state index in [9.17, 15) is 14.0 Å². The number of rotatable bonds is 7. The molecule has 0 aliphatic heterocycles. The predicted molar refractivity (Wildman–Crippen MR) is 115 cm³/mol. The fourth-order valence-corrected chi connectivity index (χ4v) is 2.37. The fourth-order valence-electron chi connectivity index (χ4n) is 2.37. The zero-order valence-electron chi connectivity index (χ0n) is 16.5. The Labute approximate surface area is 177 Å². The van der Waals surface area contributed by atoms with Gasteiger partial charge in [0, 0.05) is 23.7 Å². The van der Waals surface area contributed by atoms with Crippen molar-refractivity contribution in [3.63, 3.8) is 0 Å². The molecule has 0 radical (unpaired) electrons. The summed E-state index contributed by atoms with van der Waals surface area (Å²) in [5, 5.41) is 9.17. The number of nitrogens with zero attached hydrogens (tertiary/aromatic N) is 3. The van der Waals surface area contributed by atoms with Gasteiger partial charge in [0.2, 0.25) is 5.95 Å². The van der Waals surface area contributed by atoms with E-state index in [1.54, 1.807) is 49.5 Å². The number of aromatic nitrogens is 2. The number of anilines is 1. The van der Waals surface area contributed by atoms with Crippen molar-refractivity contribution >= 4 is 24.0 Å². The number of hydrogen-bond donors (Lipinski definition) is 3. The van der Waals surface area contributed by atoms with Crippen LogP contribution in [0, 0.1) is 12.7 Å². The normalized spacial score (nSPS) is 11.2. The fraction of sp³-hybridized carbons (Fsp3) is 0.0455. The van der Waals surface area contributed by atoms with Crippen LogP contribution in [-0.2, 0) is 4.79 Å². The second kappa shape index (κ2) is 10.4. The average Bonchev–Trinajstić information content (AvgIpc) is 2.78. The smallest absolute Gasteiger partial charge is 0.289 e. The molecule has 0 aliphatic rings. The van der Waals surface area contributed by atoms with Gasteiger partial charge in [0.1, 0.15) is 11.5 Å². The molecule has 0 saturated heterocycles. The van der Waals surface area contributed by atoms with Crippen LogP contribution in [0.5, 0.6) is 0 Å².